The summed E-state index contributed by atoms with van der Waals surface area (Å²) < 4.78 is 25.6. The van der Waals surface area contributed by atoms with Crippen LogP contribution >= 0.6 is 15.9 Å². The predicted molar refractivity (Wildman–Crippen MR) is 77.2 cm³/mol. The highest BCUT2D eigenvalue weighted by atomic mass is 79.9. The molecule has 0 saturated carbocycles. The molecule has 1 aromatic heterocycles. The first-order valence-corrected chi connectivity index (χ1v) is 6.67. The first-order chi connectivity index (χ1) is 9.04. The molecular weight excluding hydrogens is 311 g/mol. The van der Waals surface area contributed by atoms with Crippen molar-refractivity contribution >= 4 is 26.9 Å². The molecule has 0 N–H and O–H groups in total. The van der Waals surface area contributed by atoms with Gasteiger partial charge in [-0.2, -0.15) is 0 Å². The number of ether oxygens (including phenoxy) is 1. The van der Waals surface area contributed by atoms with Crippen LogP contribution in [0, 0.1) is 5.82 Å². The third-order valence-electron chi connectivity index (χ3n) is 2.92. The number of benzene rings is 1. The van der Waals surface area contributed by atoms with E-state index in [4.69, 9.17) is 9.15 Å². The molecule has 0 atom stereocenters. The fourth-order valence-corrected chi connectivity index (χ4v) is 2.27. The SMILES string of the molecule is C=C(CC)C(=C)OCc1cc(Br)c2occc2c1F. The van der Waals surface area contributed by atoms with E-state index in [0.29, 0.717) is 26.8 Å². The van der Waals surface area contributed by atoms with Crippen LogP contribution in [0.2, 0.25) is 0 Å². The molecule has 0 aliphatic heterocycles. The van der Waals surface area contributed by atoms with Crippen molar-refractivity contribution in [2.45, 2.75) is 20.0 Å². The van der Waals surface area contributed by atoms with Crippen LogP contribution in [0.5, 0.6) is 0 Å². The van der Waals surface area contributed by atoms with Gasteiger partial charge in [-0.25, -0.2) is 4.39 Å². The van der Waals surface area contributed by atoms with Crippen molar-refractivity contribution in [2.24, 2.45) is 0 Å². The molecule has 0 radical (unpaired) electrons. The molecule has 0 spiro atoms. The minimum atomic E-state index is -0.332. The molecule has 4 heteroatoms. The first kappa shape index (κ1) is 13.9. The quantitative estimate of drug-likeness (QED) is 0.547. The molecule has 0 amide bonds. The number of hydrogen-bond donors (Lipinski definition) is 0. The summed E-state index contributed by atoms with van der Waals surface area (Å²) in [5.41, 5.74) is 1.76. The second kappa shape index (κ2) is 5.61. The minimum absolute atomic E-state index is 0.114. The van der Waals surface area contributed by atoms with Crippen LogP contribution in [-0.2, 0) is 11.3 Å². The standard InChI is InChI=1S/C15H14BrFO2/c1-4-9(2)10(3)19-8-11-7-13(16)15-12(14(11)17)5-6-18-15/h5-7H,2-4,8H2,1H3. The lowest BCUT2D eigenvalue weighted by Crippen LogP contribution is -1.98. The average molecular weight is 325 g/mol. The first-order valence-electron chi connectivity index (χ1n) is 5.88. The summed E-state index contributed by atoms with van der Waals surface area (Å²) in [5.74, 6) is 0.159. The number of fused-ring (bicyclic) bond motifs is 1. The Morgan fingerprint density at radius 1 is 1.47 bits per heavy atom. The average Bonchev–Trinajstić information content (AvgIpc) is 2.90. The van der Waals surface area contributed by atoms with Gasteiger partial charge in [0.05, 0.1) is 16.1 Å². The fourth-order valence-electron chi connectivity index (χ4n) is 1.69. The third-order valence-corrected chi connectivity index (χ3v) is 3.51. The molecule has 100 valence electrons. The molecule has 0 aliphatic rings. The summed E-state index contributed by atoms with van der Waals surface area (Å²) in [6.07, 6.45) is 2.22. The molecule has 0 aliphatic carbocycles. The number of furan rings is 1. The second-order valence-electron chi connectivity index (χ2n) is 4.16. The maximum absolute atomic E-state index is 14.2. The highest BCUT2D eigenvalue weighted by Crippen LogP contribution is 2.30. The zero-order valence-electron chi connectivity index (χ0n) is 10.6. The Labute approximate surface area is 119 Å². The molecule has 2 rings (SSSR count). The summed E-state index contributed by atoms with van der Waals surface area (Å²) in [4.78, 5) is 0. The van der Waals surface area contributed by atoms with Crippen LogP contribution in [0.15, 0.2) is 51.8 Å². The molecule has 0 bridgehead atoms. The van der Waals surface area contributed by atoms with E-state index in [9.17, 15) is 4.39 Å². The van der Waals surface area contributed by atoms with E-state index in [-0.39, 0.29) is 12.4 Å². The van der Waals surface area contributed by atoms with Crippen LogP contribution in [0.1, 0.15) is 18.9 Å². The van der Waals surface area contributed by atoms with E-state index in [2.05, 4.69) is 29.1 Å². The van der Waals surface area contributed by atoms with Crippen LogP contribution in [0.3, 0.4) is 0 Å². The summed E-state index contributed by atoms with van der Waals surface area (Å²) in [7, 11) is 0. The van der Waals surface area contributed by atoms with E-state index in [1.54, 1.807) is 12.1 Å². The monoisotopic (exact) mass is 324 g/mol. The van der Waals surface area contributed by atoms with Crippen molar-refractivity contribution in [3.8, 4) is 0 Å². The number of halogens is 2. The molecule has 1 aromatic carbocycles. The van der Waals surface area contributed by atoms with Gasteiger partial charge in [-0.3, -0.25) is 0 Å². The van der Waals surface area contributed by atoms with Gasteiger partial charge in [0.2, 0.25) is 0 Å². The Kier molecular flexibility index (Phi) is 4.10. The van der Waals surface area contributed by atoms with Crippen LogP contribution < -0.4 is 0 Å². The molecule has 2 nitrogen and oxygen atoms in total. The lowest BCUT2D eigenvalue weighted by Gasteiger charge is -2.11. The number of rotatable bonds is 5. The molecular formula is C15H14BrFO2. The van der Waals surface area contributed by atoms with E-state index in [0.717, 1.165) is 12.0 Å². The van der Waals surface area contributed by atoms with Crippen molar-refractivity contribution in [1.29, 1.82) is 0 Å². The van der Waals surface area contributed by atoms with Gasteiger partial charge in [0.25, 0.3) is 0 Å². The van der Waals surface area contributed by atoms with Gasteiger partial charge in [-0.05, 0) is 40.1 Å². The molecule has 0 saturated heterocycles. The normalized spacial score (nSPS) is 10.7. The van der Waals surface area contributed by atoms with Gasteiger partial charge in [-0.1, -0.05) is 20.1 Å². The summed E-state index contributed by atoms with van der Waals surface area (Å²) in [6, 6.07) is 3.25. The Morgan fingerprint density at radius 2 is 2.21 bits per heavy atom. The van der Waals surface area contributed by atoms with Crippen LogP contribution in [0.4, 0.5) is 4.39 Å². The van der Waals surface area contributed by atoms with Crippen molar-refractivity contribution in [1.82, 2.24) is 0 Å². The van der Waals surface area contributed by atoms with Gasteiger partial charge >= 0.3 is 0 Å². The number of allylic oxidation sites excluding steroid dienone is 1. The van der Waals surface area contributed by atoms with E-state index in [1.807, 2.05) is 6.92 Å². The highest BCUT2D eigenvalue weighted by molar-refractivity contribution is 9.10. The zero-order chi connectivity index (χ0) is 14.0. The van der Waals surface area contributed by atoms with Crippen molar-refractivity contribution in [2.75, 3.05) is 0 Å². The van der Waals surface area contributed by atoms with E-state index < -0.39 is 0 Å². The summed E-state index contributed by atoms with van der Waals surface area (Å²) >= 11 is 3.35. The molecule has 1 heterocycles. The fraction of sp³-hybridized carbons (Fsp3) is 0.200. The van der Waals surface area contributed by atoms with Crippen LogP contribution in [-0.4, -0.2) is 0 Å². The number of hydrogen-bond acceptors (Lipinski definition) is 2. The lowest BCUT2D eigenvalue weighted by molar-refractivity contribution is 0.203. The third kappa shape index (κ3) is 2.73. The topological polar surface area (TPSA) is 22.4 Å². The van der Waals surface area contributed by atoms with Crippen molar-refractivity contribution < 1.29 is 13.5 Å². The Balaban J connectivity index is 2.24. The lowest BCUT2D eigenvalue weighted by atomic mass is 10.1. The summed E-state index contributed by atoms with van der Waals surface area (Å²) in [6.45, 7) is 9.67. The molecule has 0 unspecified atom stereocenters. The highest BCUT2D eigenvalue weighted by Gasteiger charge is 2.14. The van der Waals surface area contributed by atoms with Crippen molar-refractivity contribution in [3.63, 3.8) is 0 Å². The smallest absolute Gasteiger partial charge is 0.150 e. The molecule has 0 fully saturated rings. The van der Waals surface area contributed by atoms with Gasteiger partial charge in [0, 0.05) is 5.56 Å². The summed E-state index contributed by atoms with van der Waals surface area (Å²) in [5, 5.41) is 0.438. The Morgan fingerprint density at radius 3 is 2.89 bits per heavy atom. The largest absolute Gasteiger partial charge is 0.489 e. The van der Waals surface area contributed by atoms with Gasteiger partial charge in [0.1, 0.15) is 18.2 Å². The Bertz CT molecular complexity index is 643. The second-order valence-corrected chi connectivity index (χ2v) is 5.02. The maximum atomic E-state index is 14.2. The van der Waals surface area contributed by atoms with E-state index in [1.165, 1.54) is 6.26 Å². The maximum Gasteiger partial charge on any atom is 0.150 e. The molecule has 2 aromatic rings. The van der Waals surface area contributed by atoms with Crippen molar-refractivity contribution in [3.05, 3.63) is 58.7 Å². The van der Waals surface area contributed by atoms with Crippen LogP contribution in [0.25, 0.3) is 11.0 Å². The molecule has 19 heavy (non-hydrogen) atoms. The zero-order valence-corrected chi connectivity index (χ0v) is 12.2. The van der Waals surface area contributed by atoms with E-state index >= 15 is 0 Å². The predicted octanol–water partition coefficient (Wildman–Crippen LogP) is 5.33. The van der Waals surface area contributed by atoms with Gasteiger partial charge < -0.3 is 9.15 Å². The van der Waals surface area contributed by atoms with Gasteiger partial charge in [0.15, 0.2) is 5.58 Å². The Hall–Kier alpha value is -1.55. The van der Waals surface area contributed by atoms with Gasteiger partial charge in [-0.15, -0.1) is 0 Å². The minimum Gasteiger partial charge on any atom is -0.489 e.